The van der Waals surface area contributed by atoms with Crippen LogP contribution in [-0.2, 0) is 9.47 Å². The van der Waals surface area contributed by atoms with Crippen LogP contribution in [0.4, 0.5) is 16.2 Å². The molecule has 2 amide bonds. The van der Waals surface area contributed by atoms with Gasteiger partial charge in [0, 0.05) is 50.6 Å². The number of aryl methyl sites for hydroxylation is 1. The Morgan fingerprint density at radius 2 is 1.76 bits per heavy atom. The molecule has 2 fully saturated rings. The second-order valence-electron chi connectivity index (χ2n) is 6.43. The normalized spacial score (nSPS) is 18.8. The smallest absolute Gasteiger partial charge is 0.319 e. The molecule has 0 spiro atoms. The summed E-state index contributed by atoms with van der Waals surface area (Å²) in [7, 11) is 0. The fraction of sp³-hybridized carbons (Fsp3) is 0.611. The number of benzene rings is 1. The number of carbonyl (C=O) groups excluding carboxylic acids is 1. The third-order valence-electron chi connectivity index (χ3n) is 4.65. The maximum absolute atomic E-state index is 12.1. The van der Waals surface area contributed by atoms with Crippen LogP contribution in [0.2, 0.25) is 0 Å². The Bertz CT molecular complexity index is 569. The van der Waals surface area contributed by atoms with Crippen molar-refractivity contribution in [2.24, 2.45) is 0 Å². The maximum atomic E-state index is 12.1. The van der Waals surface area contributed by atoms with E-state index in [1.165, 1.54) is 5.69 Å². The first-order chi connectivity index (χ1) is 12.2. The van der Waals surface area contributed by atoms with E-state index in [0.29, 0.717) is 6.54 Å². The summed E-state index contributed by atoms with van der Waals surface area (Å²) in [4.78, 5) is 16.7. The van der Waals surface area contributed by atoms with Crippen LogP contribution in [-0.4, -0.2) is 76.6 Å². The van der Waals surface area contributed by atoms with Crippen molar-refractivity contribution in [1.29, 1.82) is 0 Å². The first-order valence-corrected chi connectivity index (χ1v) is 9.01. The lowest BCUT2D eigenvalue weighted by Crippen LogP contribution is -2.42. The van der Waals surface area contributed by atoms with Crippen molar-refractivity contribution in [2.75, 3.05) is 75.9 Å². The number of nitrogens with zero attached hydrogens (tertiary/aromatic N) is 2. The minimum atomic E-state index is -0.157. The van der Waals surface area contributed by atoms with Crippen LogP contribution in [0.25, 0.3) is 0 Å². The second kappa shape index (κ2) is 9.03. The summed E-state index contributed by atoms with van der Waals surface area (Å²) in [5.74, 6) is 0. The summed E-state index contributed by atoms with van der Waals surface area (Å²) in [5.41, 5.74) is 3.09. The molecule has 2 aliphatic heterocycles. The largest absolute Gasteiger partial charge is 0.379 e. The van der Waals surface area contributed by atoms with Crippen molar-refractivity contribution in [3.63, 3.8) is 0 Å². The summed E-state index contributed by atoms with van der Waals surface area (Å²) < 4.78 is 10.7. The number of ether oxygens (including phenoxy) is 2. The topological polar surface area (TPSA) is 66.1 Å². The molecule has 0 bridgehead atoms. The Kier molecular flexibility index (Phi) is 6.49. The van der Waals surface area contributed by atoms with Gasteiger partial charge in [0.05, 0.1) is 26.4 Å². The summed E-state index contributed by atoms with van der Waals surface area (Å²) >= 11 is 0. The molecular formula is C18H28N4O3. The number of rotatable bonds is 5. The SMILES string of the molecule is Cc1cc(N2CCOCC2)ccc1NC(=O)NCCN1CCOCC1. The van der Waals surface area contributed by atoms with Crippen LogP contribution in [0, 0.1) is 6.92 Å². The van der Waals surface area contributed by atoms with Gasteiger partial charge in [0.15, 0.2) is 0 Å². The molecule has 1 aromatic carbocycles. The predicted molar refractivity (Wildman–Crippen MR) is 98.5 cm³/mol. The molecule has 2 aliphatic rings. The fourth-order valence-electron chi connectivity index (χ4n) is 3.13. The van der Waals surface area contributed by atoms with E-state index < -0.39 is 0 Å². The van der Waals surface area contributed by atoms with E-state index in [2.05, 4.69) is 32.6 Å². The van der Waals surface area contributed by atoms with E-state index >= 15 is 0 Å². The van der Waals surface area contributed by atoms with Crippen LogP contribution >= 0.6 is 0 Å². The van der Waals surface area contributed by atoms with Crippen LogP contribution in [0.3, 0.4) is 0 Å². The average Bonchev–Trinajstić information content (AvgIpc) is 2.65. The Balaban J connectivity index is 1.45. The lowest BCUT2D eigenvalue weighted by Gasteiger charge is -2.29. The Labute approximate surface area is 149 Å². The molecule has 0 unspecified atom stereocenters. The van der Waals surface area contributed by atoms with E-state index in [1.54, 1.807) is 0 Å². The van der Waals surface area contributed by atoms with Gasteiger partial charge in [-0.1, -0.05) is 0 Å². The molecule has 138 valence electrons. The zero-order chi connectivity index (χ0) is 17.5. The van der Waals surface area contributed by atoms with Crippen molar-refractivity contribution in [3.05, 3.63) is 23.8 Å². The highest BCUT2D eigenvalue weighted by molar-refractivity contribution is 5.90. The van der Waals surface area contributed by atoms with Crippen molar-refractivity contribution < 1.29 is 14.3 Å². The van der Waals surface area contributed by atoms with E-state index in [9.17, 15) is 4.79 Å². The van der Waals surface area contributed by atoms with Crippen LogP contribution in [0.15, 0.2) is 18.2 Å². The van der Waals surface area contributed by atoms with Gasteiger partial charge in [-0.2, -0.15) is 0 Å². The molecule has 1 aromatic rings. The third kappa shape index (κ3) is 5.32. The summed E-state index contributed by atoms with van der Waals surface area (Å²) in [5, 5.41) is 5.87. The molecular weight excluding hydrogens is 320 g/mol. The summed E-state index contributed by atoms with van der Waals surface area (Å²) in [6.07, 6.45) is 0. The standard InChI is InChI=1S/C18H28N4O3/c1-15-14-16(22-8-12-25-13-9-22)2-3-17(15)20-18(23)19-4-5-21-6-10-24-11-7-21/h2-3,14H,4-13H2,1H3,(H2,19,20,23). The van der Waals surface area contributed by atoms with Gasteiger partial charge >= 0.3 is 6.03 Å². The Morgan fingerprint density at radius 1 is 1.08 bits per heavy atom. The van der Waals surface area contributed by atoms with Crippen molar-refractivity contribution in [2.45, 2.75) is 6.92 Å². The Morgan fingerprint density at radius 3 is 2.44 bits per heavy atom. The van der Waals surface area contributed by atoms with Crippen LogP contribution in [0.5, 0.6) is 0 Å². The molecule has 2 saturated heterocycles. The number of morpholine rings is 2. The van der Waals surface area contributed by atoms with Gasteiger partial charge in [-0.25, -0.2) is 4.79 Å². The summed E-state index contributed by atoms with van der Waals surface area (Å²) in [6, 6.07) is 5.99. The molecule has 0 atom stereocenters. The molecule has 25 heavy (non-hydrogen) atoms. The first kappa shape index (κ1) is 18.0. The Hall–Kier alpha value is -1.83. The van der Waals surface area contributed by atoms with Gasteiger partial charge < -0.3 is 25.0 Å². The maximum Gasteiger partial charge on any atom is 0.319 e. The minimum absolute atomic E-state index is 0.157. The molecule has 3 rings (SSSR count). The molecule has 7 heteroatoms. The summed E-state index contributed by atoms with van der Waals surface area (Å²) in [6.45, 7) is 10.3. The lowest BCUT2D eigenvalue weighted by molar-refractivity contribution is 0.0388. The molecule has 7 nitrogen and oxygen atoms in total. The van der Waals surface area contributed by atoms with E-state index in [-0.39, 0.29) is 6.03 Å². The van der Waals surface area contributed by atoms with Gasteiger partial charge in [-0.3, -0.25) is 4.90 Å². The van der Waals surface area contributed by atoms with Crippen LogP contribution in [0.1, 0.15) is 5.56 Å². The zero-order valence-corrected chi connectivity index (χ0v) is 14.9. The predicted octanol–water partition coefficient (Wildman–Crippen LogP) is 1.29. The average molecular weight is 348 g/mol. The number of urea groups is 1. The van der Waals surface area contributed by atoms with Gasteiger partial charge in [0.1, 0.15) is 0 Å². The van der Waals surface area contributed by atoms with Crippen molar-refractivity contribution in [1.82, 2.24) is 10.2 Å². The van der Waals surface area contributed by atoms with Gasteiger partial charge in [0.2, 0.25) is 0 Å². The molecule has 0 aliphatic carbocycles. The fourth-order valence-corrected chi connectivity index (χ4v) is 3.13. The molecule has 0 saturated carbocycles. The van der Waals surface area contributed by atoms with E-state index in [0.717, 1.165) is 70.4 Å². The van der Waals surface area contributed by atoms with Crippen LogP contribution < -0.4 is 15.5 Å². The highest BCUT2D eigenvalue weighted by Gasteiger charge is 2.13. The highest BCUT2D eigenvalue weighted by Crippen LogP contribution is 2.23. The quantitative estimate of drug-likeness (QED) is 0.839. The third-order valence-corrected chi connectivity index (χ3v) is 4.65. The minimum Gasteiger partial charge on any atom is -0.379 e. The number of hydrogen-bond acceptors (Lipinski definition) is 5. The number of anilines is 2. The molecule has 0 aromatic heterocycles. The molecule has 2 heterocycles. The highest BCUT2D eigenvalue weighted by atomic mass is 16.5. The molecule has 2 N–H and O–H groups in total. The monoisotopic (exact) mass is 348 g/mol. The first-order valence-electron chi connectivity index (χ1n) is 9.01. The van der Waals surface area contributed by atoms with Crippen molar-refractivity contribution >= 4 is 17.4 Å². The van der Waals surface area contributed by atoms with Gasteiger partial charge in [-0.05, 0) is 30.7 Å². The number of carbonyl (C=O) groups is 1. The lowest BCUT2D eigenvalue weighted by atomic mass is 10.1. The number of hydrogen-bond donors (Lipinski definition) is 2. The zero-order valence-electron chi connectivity index (χ0n) is 14.9. The molecule has 0 radical (unpaired) electrons. The number of nitrogens with one attached hydrogen (secondary N) is 2. The van der Waals surface area contributed by atoms with E-state index in [1.807, 2.05) is 13.0 Å². The number of amides is 2. The van der Waals surface area contributed by atoms with E-state index in [4.69, 9.17) is 9.47 Å². The van der Waals surface area contributed by atoms with Crippen molar-refractivity contribution in [3.8, 4) is 0 Å². The van der Waals surface area contributed by atoms with Gasteiger partial charge in [0.25, 0.3) is 0 Å². The van der Waals surface area contributed by atoms with Gasteiger partial charge in [-0.15, -0.1) is 0 Å². The second-order valence-corrected chi connectivity index (χ2v) is 6.43.